The summed E-state index contributed by atoms with van der Waals surface area (Å²) in [7, 11) is 1.65. The molecule has 1 aliphatic heterocycles. The van der Waals surface area contributed by atoms with Crippen LogP contribution in [0.3, 0.4) is 0 Å². The monoisotopic (exact) mass is 273 g/mol. The van der Waals surface area contributed by atoms with Crippen molar-refractivity contribution < 1.29 is 9.47 Å². The number of benzene rings is 1. The van der Waals surface area contributed by atoms with Gasteiger partial charge in [-0.15, -0.1) is 0 Å². The molecule has 5 nitrogen and oxygen atoms in total. The summed E-state index contributed by atoms with van der Waals surface area (Å²) in [5.74, 6) is 1.64. The maximum atomic E-state index is 6.29. The first-order valence-corrected chi connectivity index (χ1v) is 6.83. The Bertz CT molecular complexity index is 609. The minimum Gasteiger partial charge on any atom is -0.497 e. The molecule has 106 valence electrons. The van der Waals surface area contributed by atoms with Crippen LogP contribution in [0.2, 0.25) is 0 Å². The first kappa shape index (κ1) is 13.0. The summed E-state index contributed by atoms with van der Waals surface area (Å²) < 4.78 is 13.4. The lowest BCUT2D eigenvalue weighted by atomic mass is 9.95. The molecule has 0 saturated carbocycles. The number of ether oxygens (including phenoxy) is 2. The van der Waals surface area contributed by atoms with Crippen molar-refractivity contribution in [2.75, 3.05) is 7.11 Å². The van der Waals surface area contributed by atoms with E-state index in [-0.39, 0.29) is 12.1 Å². The van der Waals surface area contributed by atoms with Gasteiger partial charge in [0.25, 0.3) is 0 Å². The molecule has 2 aromatic rings. The molecule has 0 aliphatic carbocycles. The summed E-state index contributed by atoms with van der Waals surface area (Å²) in [4.78, 5) is 4.20. The molecule has 0 saturated heterocycles. The lowest BCUT2D eigenvalue weighted by Crippen LogP contribution is -2.25. The second-order valence-electron chi connectivity index (χ2n) is 4.96. The molecule has 1 aliphatic rings. The molecule has 2 atom stereocenters. The van der Waals surface area contributed by atoms with Crippen molar-refractivity contribution >= 4 is 0 Å². The second-order valence-corrected chi connectivity index (χ2v) is 4.96. The molecule has 0 spiro atoms. The van der Waals surface area contributed by atoms with Crippen LogP contribution in [0.5, 0.6) is 11.5 Å². The Kier molecular flexibility index (Phi) is 3.36. The van der Waals surface area contributed by atoms with Crippen molar-refractivity contribution in [3.63, 3.8) is 0 Å². The topological polar surface area (TPSA) is 62.3 Å². The molecular formula is C15H19N3O2. The summed E-state index contributed by atoms with van der Waals surface area (Å²) in [6.45, 7) is 2.96. The molecule has 20 heavy (non-hydrogen) atoms. The maximum Gasteiger partial charge on any atom is 0.142 e. The zero-order valence-corrected chi connectivity index (χ0v) is 11.7. The van der Waals surface area contributed by atoms with Gasteiger partial charge in [-0.2, -0.15) is 0 Å². The van der Waals surface area contributed by atoms with Gasteiger partial charge in [0.2, 0.25) is 0 Å². The minimum absolute atomic E-state index is 0.0478. The third-order valence-corrected chi connectivity index (χ3v) is 3.77. The number of methoxy groups -OCH3 is 1. The highest BCUT2D eigenvalue weighted by atomic mass is 16.5. The van der Waals surface area contributed by atoms with E-state index in [0.717, 1.165) is 35.7 Å². The van der Waals surface area contributed by atoms with E-state index in [1.807, 2.05) is 30.7 Å². The molecule has 2 heterocycles. The molecule has 0 bridgehead atoms. The molecule has 0 fully saturated rings. The highest BCUT2D eigenvalue weighted by Crippen LogP contribution is 2.41. The summed E-state index contributed by atoms with van der Waals surface area (Å²) in [6.07, 6.45) is 4.38. The standard InChI is InChI=1S/C15H19N3O2/c1-3-18-9-17-8-13(18)15-7-12(16)11-6-10(19-2)4-5-14(11)20-15/h4-6,8-9,12,15H,3,7,16H2,1-2H3/t12-,15?/m1/s1. The van der Waals surface area contributed by atoms with Crippen LogP contribution >= 0.6 is 0 Å². The van der Waals surface area contributed by atoms with Gasteiger partial charge in [0, 0.05) is 24.6 Å². The van der Waals surface area contributed by atoms with Crippen LogP contribution < -0.4 is 15.2 Å². The Hall–Kier alpha value is -2.01. The van der Waals surface area contributed by atoms with Gasteiger partial charge in [0.15, 0.2) is 0 Å². The van der Waals surface area contributed by atoms with E-state index in [1.54, 1.807) is 7.11 Å². The van der Waals surface area contributed by atoms with E-state index < -0.39 is 0 Å². The zero-order chi connectivity index (χ0) is 14.1. The van der Waals surface area contributed by atoms with Crippen molar-refractivity contribution in [1.82, 2.24) is 9.55 Å². The zero-order valence-electron chi connectivity index (χ0n) is 11.7. The van der Waals surface area contributed by atoms with Gasteiger partial charge in [0.1, 0.15) is 17.6 Å². The molecule has 0 amide bonds. The lowest BCUT2D eigenvalue weighted by Gasteiger charge is -2.30. The predicted octanol–water partition coefficient (Wildman–Crippen LogP) is 2.44. The largest absolute Gasteiger partial charge is 0.497 e. The first-order chi connectivity index (χ1) is 9.72. The van der Waals surface area contributed by atoms with Crippen LogP contribution in [-0.2, 0) is 6.54 Å². The first-order valence-electron chi connectivity index (χ1n) is 6.83. The molecule has 5 heteroatoms. The molecule has 2 N–H and O–H groups in total. The molecule has 1 aromatic heterocycles. The average molecular weight is 273 g/mol. The lowest BCUT2D eigenvalue weighted by molar-refractivity contribution is 0.153. The van der Waals surface area contributed by atoms with Gasteiger partial charge in [-0.1, -0.05) is 0 Å². The normalized spacial score (nSPS) is 21.1. The molecule has 1 unspecified atom stereocenters. The van der Waals surface area contributed by atoms with Gasteiger partial charge in [-0.25, -0.2) is 4.98 Å². The fraction of sp³-hybridized carbons (Fsp3) is 0.400. The van der Waals surface area contributed by atoms with Gasteiger partial charge in [0.05, 0.1) is 25.3 Å². The van der Waals surface area contributed by atoms with Gasteiger partial charge in [-0.05, 0) is 25.1 Å². The number of rotatable bonds is 3. The smallest absolute Gasteiger partial charge is 0.142 e. The molecule has 1 aromatic carbocycles. The summed E-state index contributed by atoms with van der Waals surface area (Å²) in [5, 5.41) is 0. The fourth-order valence-corrected chi connectivity index (χ4v) is 2.65. The SMILES string of the molecule is CCn1cncc1C1C[C@@H](N)c2cc(OC)ccc2O1. The van der Waals surface area contributed by atoms with Crippen LogP contribution in [-0.4, -0.2) is 16.7 Å². The highest BCUT2D eigenvalue weighted by molar-refractivity contribution is 5.44. The highest BCUT2D eigenvalue weighted by Gasteiger charge is 2.29. The predicted molar refractivity (Wildman–Crippen MR) is 75.8 cm³/mol. The van der Waals surface area contributed by atoms with Crippen molar-refractivity contribution in [1.29, 1.82) is 0 Å². The van der Waals surface area contributed by atoms with E-state index in [0.29, 0.717) is 0 Å². The third-order valence-electron chi connectivity index (χ3n) is 3.77. The Morgan fingerprint density at radius 1 is 1.50 bits per heavy atom. The molecule has 3 rings (SSSR count). The van der Waals surface area contributed by atoms with E-state index in [9.17, 15) is 0 Å². The van der Waals surface area contributed by atoms with Gasteiger partial charge < -0.3 is 19.8 Å². The Morgan fingerprint density at radius 2 is 2.35 bits per heavy atom. The number of fused-ring (bicyclic) bond motifs is 1. The van der Waals surface area contributed by atoms with E-state index in [1.165, 1.54) is 0 Å². The maximum absolute atomic E-state index is 6.29. The number of imidazole rings is 1. The summed E-state index contributed by atoms with van der Waals surface area (Å²) in [5.41, 5.74) is 8.37. The Labute approximate surface area is 118 Å². The summed E-state index contributed by atoms with van der Waals surface area (Å²) >= 11 is 0. The number of aromatic nitrogens is 2. The number of aryl methyl sites for hydroxylation is 1. The van der Waals surface area contributed by atoms with Crippen LogP contribution in [0.25, 0.3) is 0 Å². The number of hydrogen-bond donors (Lipinski definition) is 1. The van der Waals surface area contributed by atoms with Crippen LogP contribution in [0, 0.1) is 0 Å². The van der Waals surface area contributed by atoms with Crippen molar-refractivity contribution in [2.24, 2.45) is 5.73 Å². The van der Waals surface area contributed by atoms with E-state index in [2.05, 4.69) is 16.5 Å². The van der Waals surface area contributed by atoms with Crippen LogP contribution in [0.1, 0.15) is 36.7 Å². The van der Waals surface area contributed by atoms with Crippen molar-refractivity contribution in [2.45, 2.75) is 32.0 Å². The number of nitrogens with zero attached hydrogens (tertiary/aromatic N) is 2. The van der Waals surface area contributed by atoms with Crippen molar-refractivity contribution in [3.05, 3.63) is 42.0 Å². The Balaban J connectivity index is 1.93. The third kappa shape index (κ3) is 2.14. The van der Waals surface area contributed by atoms with Gasteiger partial charge in [-0.3, -0.25) is 0 Å². The van der Waals surface area contributed by atoms with E-state index in [4.69, 9.17) is 15.2 Å². The minimum atomic E-state index is -0.0564. The molecular weight excluding hydrogens is 254 g/mol. The van der Waals surface area contributed by atoms with Gasteiger partial charge >= 0.3 is 0 Å². The van der Waals surface area contributed by atoms with Crippen LogP contribution in [0.4, 0.5) is 0 Å². The van der Waals surface area contributed by atoms with E-state index >= 15 is 0 Å². The van der Waals surface area contributed by atoms with Crippen molar-refractivity contribution in [3.8, 4) is 11.5 Å². The second kappa shape index (κ2) is 5.17. The van der Waals surface area contributed by atoms with Crippen LogP contribution in [0.15, 0.2) is 30.7 Å². The average Bonchev–Trinajstić information content (AvgIpc) is 2.95. The quantitative estimate of drug-likeness (QED) is 0.933. The molecule has 0 radical (unpaired) electrons. The number of hydrogen-bond acceptors (Lipinski definition) is 4. The number of nitrogens with two attached hydrogens (primary N) is 1. The Morgan fingerprint density at radius 3 is 3.10 bits per heavy atom. The fourth-order valence-electron chi connectivity index (χ4n) is 2.65. The summed E-state index contributed by atoms with van der Waals surface area (Å²) in [6, 6.07) is 5.71.